The third kappa shape index (κ3) is 7.06. The van der Waals surface area contributed by atoms with Gasteiger partial charge in [-0.15, -0.1) is 0 Å². The number of guanidine groups is 1. The summed E-state index contributed by atoms with van der Waals surface area (Å²) >= 11 is 0. The lowest BCUT2D eigenvalue weighted by Crippen LogP contribution is -2.38. The molecular weight excluding hydrogens is 280 g/mol. The molecule has 1 aromatic rings. The van der Waals surface area contributed by atoms with Gasteiger partial charge in [-0.2, -0.15) is 0 Å². The van der Waals surface area contributed by atoms with E-state index < -0.39 is 4.92 Å². The molecule has 6 heteroatoms. The van der Waals surface area contributed by atoms with Crippen molar-refractivity contribution in [2.24, 2.45) is 10.9 Å². The largest absolute Gasteiger partial charge is 0.356 e. The molecule has 0 spiro atoms. The number of nitro groups is 1. The minimum atomic E-state index is -0.394. The van der Waals surface area contributed by atoms with Gasteiger partial charge in [0.2, 0.25) is 0 Å². The maximum absolute atomic E-state index is 10.6. The summed E-state index contributed by atoms with van der Waals surface area (Å²) in [6, 6.07) is 6.51. The lowest BCUT2D eigenvalue weighted by molar-refractivity contribution is -0.384. The fourth-order valence-corrected chi connectivity index (χ4v) is 1.79. The summed E-state index contributed by atoms with van der Waals surface area (Å²) in [6.45, 7) is 8.73. The minimum Gasteiger partial charge on any atom is -0.356 e. The molecule has 2 N–H and O–H groups in total. The maximum atomic E-state index is 10.6. The standard InChI is InChI=1S/C16H26N4O2/c1-4-10-17-16(18-11-9-13(2)3)19-12-14-5-7-15(8-6-14)20(21)22/h5-8,13H,4,9-12H2,1-3H3,(H2,17,18,19). The first-order chi connectivity index (χ1) is 10.5. The van der Waals surface area contributed by atoms with Gasteiger partial charge in [0.25, 0.3) is 5.69 Å². The van der Waals surface area contributed by atoms with Crippen LogP contribution in [0, 0.1) is 16.0 Å². The summed E-state index contributed by atoms with van der Waals surface area (Å²) in [4.78, 5) is 14.8. The monoisotopic (exact) mass is 306 g/mol. The molecule has 0 aliphatic carbocycles. The topological polar surface area (TPSA) is 79.6 Å². The van der Waals surface area contributed by atoms with Crippen molar-refractivity contribution in [2.75, 3.05) is 13.1 Å². The van der Waals surface area contributed by atoms with Gasteiger partial charge in [-0.1, -0.05) is 32.9 Å². The van der Waals surface area contributed by atoms with Gasteiger partial charge in [0.1, 0.15) is 0 Å². The van der Waals surface area contributed by atoms with Crippen molar-refractivity contribution >= 4 is 11.6 Å². The van der Waals surface area contributed by atoms with E-state index >= 15 is 0 Å². The van der Waals surface area contributed by atoms with Crippen LogP contribution >= 0.6 is 0 Å². The Morgan fingerprint density at radius 1 is 1.23 bits per heavy atom. The average molecular weight is 306 g/mol. The first-order valence-corrected chi connectivity index (χ1v) is 7.78. The number of hydrogen-bond acceptors (Lipinski definition) is 3. The van der Waals surface area contributed by atoms with Gasteiger partial charge in [0, 0.05) is 25.2 Å². The van der Waals surface area contributed by atoms with Crippen LogP contribution in [0.2, 0.25) is 0 Å². The summed E-state index contributed by atoms with van der Waals surface area (Å²) in [6.07, 6.45) is 2.12. The molecule has 0 aliphatic rings. The highest BCUT2D eigenvalue weighted by Crippen LogP contribution is 2.12. The van der Waals surface area contributed by atoms with E-state index in [2.05, 4.69) is 36.4 Å². The van der Waals surface area contributed by atoms with Gasteiger partial charge in [-0.3, -0.25) is 10.1 Å². The lowest BCUT2D eigenvalue weighted by atomic mass is 10.1. The Hall–Kier alpha value is -2.11. The first kappa shape index (κ1) is 17.9. The second-order valence-electron chi connectivity index (χ2n) is 5.62. The number of hydrogen-bond donors (Lipinski definition) is 2. The molecular formula is C16H26N4O2. The van der Waals surface area contributed by atoms with Crippen molar-refractivity contribution in [3.63, 3.8) is 0 Å². The molecule has 0 amide bonds. The van der Waals surface area contributed by atoms with Gasteiger partial charge in [-0.05, 0) is 24.3 Å². The van der Waals surface area contributed by atoms with Gasteiger partial charge in [-0.25, -0.2) is 4.99 Å². The molecule has 0 fully saturated rings. The molecule has 6 nitrogen and oxygen atoms in total. The van der Waals surface area contributed by atoms with Crippen LogP contribution in [0.15, 0.2) is 29.3 Å². The van der Waals surface area contributed by atoms with Crippen molar-refractivity contribution in [1.82, 2.24) is 10.6 Å². The number of benzene rings is 1. The number of non-ortho nitro benzene ring substituents is 1. The third-order valence-corrected chi connectivity index (χ3v) is 3.12. The van der Waals surface area contributed by atoms with E-state index in [1.165, 1.54) is 12.1 Å². The van der Waals surface area contributed by atoms with Crippen LogP contribution in [0.1, 0.15) is 39.2 Å². The Balaban J connectivity index is 2.59. The van der Waals surface area contributed by atoms with E-state index in [-0.39, 0.29) is 5.69 Å². The van der Waals surface area contributed by atoms with Crippen LogP contribution in [-0.2, 0) is 6.54 Å². The molecule has 0 aliphatic heterocycles. The SMILES string of the molecule is CCCNC(=NCc1ccc([N+](=O)[O-])cc1)NCCC(C)C. The summed E-state index contributed by atoms with van der Waals surface area (Å²) in [5, 5.41) is 17.2. The van der Waals surface area contributed by atoms with Crippen molar-refractivity contribution in [3.05, 3.63) is 39.9 Å². The Labute approximate surface area is 132 Å². The number of nitrogens with zero attached hydrogens (tertiary/aromatic N) is 2. The van der Waals surface area contributed by atoms with Crippen molar-refractivity contribution < 1.29 is 4.92 Å². The van der Waals surface area contributed by atoms with Gasteiger partial charge in [0.15, 0.2) is 5.96 Å². The quantitative estimate of drug-likeness (QED) is 0.335. The summed E-state index contributed by atoms with van der Waals surface area (Å²) in [5.41, 5.74) is 1.05. The van der Waals surface area contributed by atoms with Crippen LogP contribution < -0.4 is 10.6 Å². The van der Waals surface area contributed by atoms with Crippen molar-refractivity contribution in [1.29, 1.82) is 0 Å². The molecule has 1 aromatic carbocycles. The zero-order valence-corrected chi connectivity index (χ0v) is 13.6. The predicted molar refractivity (Wildman–Crippen MR) is 90.0 cm³/mol. The van der Waals surface area contributed by atoms with Gasteiger partial charge >= 0.3 is 0 Å². The van der Waals surface area contributed by atoms with Gasteiger partial charge in [0.05, 0.1) is 11.5 Å². The predicted octanol–water partition coefficient (Wildman–Crippen LogP) is 3.09. The van der Waals surface area contributed by atoms with Gasteiger partial charge < -0.3 is 10.6 Å². The summed E-state index contributed by atoms with van der Waals surface area (Å²) < 4.78 is 0. The molecule has 0 bridgehead atoms. The summed E-state index contributed by atoms with van der Waals surface area (Å²) in [5.74, 6) is 1.44. The molecule has 0 saturated heterocycles. The second kappa shape index (κ2) is 9.76. The lowest BCUT2D eigenvalue weighted by Gasteiger charge is -2.13. The van der Waals surface area contributed by atoms with E-state index in [1.807, 2.05) is 0 Å². The molecule has 122 valence electrons. The Morgan fingerprint density at radius 2 is 1.86 bits per heavy atom. The molecule has 0 radical (unpaired) electrons. The highest BCUT2D eigenvalue weighted by Gasteiger charge is 2.04. The Bertz CT molecular complexity index is 483. The first-order valence-electron chi connectivity index (χ1n) is 7.78. The van der Waals surface area contributed by atoms with E-state index in [1.54, 1.807) is 12.1 Å². The van der Waals surface area contributed by atoms with E-state index in [9.17, 15) is 10.1 Å². The van der Waals surface area contributed by atoms with Crippen LogP contribution in [0.3, 0.4) is 0 Å². The molecule has 1 rings (SSSR count). The van der Waals surface area contributed by atoms with Crippen LogP contribution in [-0.4, -0.2) is 24.0 Å². The van der Waals surface area contributed by atoms with Crippen LogP contribution in [0.25, 0.3) is 0 Å². The smallest absolute Gasteiger partial charge is 0.269 e. The average Bonchev–Trinajstić information content (AvgIpc) is 2.49. The zero-order chi connectivity index (χ0) is 16.4. The Kier molecular flexibility index (Phi) is 7.96. The zero-order valence-electron chi connectivity index (χ0n) is 13.6. The highest BCUT2D eigenvalue weighted by atomic mass is 16.6. The third-order valence-electron chi connectivity index (χ3n) is 3.12. The highest BCUT2D eigenvalue weighted by molar-refractivity contribution is 5.79. The van der Waals surface area contributed by atoms with E-state index in [0.717, 1.165) is 37.5 Å². The molecule has 0 atom stereocenters. The normalized spacial score (nSPS) is 11.5. The molecule has 0 saturated carbocycles. The number of aliphatic imine (C=N–C) groups is 1. The van der Waals surface area contributed by atoms with E-state index in [0.29, 0.717) is 12.5 Å². The minimum absolute atomic E-state index is 0.104. The van der Waals surface area contributed by atoms with Crippen molar-refractivity contribution in [2.45, 2.75) is 40.2 Å². The van der Waals surface area contributed by atoms with Crippen molar-refractivity contribution in [3.8, 4) is 0 Å². The Morgan fingerprint density at radius 3 is 2.41 bits per heavy atom. The number of nitro benzene ring substituents is 1. The maximum Gasteiger partial charge on any atom is 0.269 e. The second-order valence-corrected chi connectivity index (χ2v) is 5.62. The fraction of sp³-hybridized carbons (Fsp3) is 0.562. The fourth-order valence-electron chi connectivity index (χ4n) is 1.79. The number of rotatable bonds is 8. The van der Waals surface area contributed by atoms with Crippen LogP contribution in [0.5, 0.6) is 0 Å². The molecule has 0 heterocycles. The van der Waals surface area contributed by atoms with Crippen LogP contribution in [0.4, 0.5) is 5.69 Å². The summed E-state index contributed by atoms with van der Waals surface area (Å²) in [7, 11) is 0. The van der Waals surface area contributed by atoms with E-state index in [4.69, 9.17) is 0 Å². The molecule has 22 heavy (non-hydrogen) atoms. The molecule has 0 unspecified atom stereocenters. The number of nitrogens with one attached hydrogen (secondary N) is 2. The molecule has 0 aromatic heterocycles.